The summed E-state index contributed by atoms with van der Waals surface area (Å²) in [5.74, 6) is 1.10. The number of nitrogens with one attached hydrogen (secondary N) is 1. The number of aromatic amines is 1. The summed E-state index contributed by atoms with van der Waals surface area (Å²) < 4.78 is 0. The fraction of sp³-hybridized carbons (Fsp3) is 0.143. The van der Waals surface area contributed by atoms with Gasteiger partial charge in [0.2, 0.25) is 0 Å². The number of H-pyrrole nitrogens is 1. The van der Waals surface area contributed by atoms with Gasteiger partial charge in [-0.1, -0.05) is 29.4 Å². The Morgan fingerprint density at radius 3 is 2.95 bits per heavy atom. The van der Waals surface area contributed by atoms with Crippen molar-refractivity contribution < 1.29 is 0 Å². The van der Waals surface area contributed by atoms with Crippen molar-refractivity contribution in [3.05, 3.63) is 46.6 Å². The third-order valence-electron chi connectivity index (χ3n) is 2.90. The minimum atomic E-state index is 0.477. The molecule has 0 unspecified atom stereocenters. The number of pyridine rings is 1. The largest absolute Gasteiger partial charge is 0.384 e. The second kappa shape index (κ2) is 5.34. The molecule has 0 spiro atoms. The number of hydrogen-bond acceptors (Lipinski definition) is 4. The monoisotopic (exact) mass is 304 g/mol. The standard InChI is InChI=1S/C14H13ClN4S/c1-8-2-4-10-11(6-8)19-14(18-10)20-7-12-9(15)3-5-13(16)17-12/h2-6H,7H2,1H3,(H2,16,17)(H,18,19). The fourth-order valence-corrected chi connectivity index (χ4v) is 3.00. The van der Waals surface area contributed by atoms with Crippen LogP contribution in [0.4, 0.5) is 5.82 Å². The highest BCUT2D eigenvalue weighted by molar-refractivity contribution is 7.98. The molecule has 2 heterocycles. The molecule has 2 aromatic heterocycles. The number of rotatable bonds is 3. The molecular weight excluding hydrogens is 292 g/mol. The second-order valence-electron chi connectivity index (χ2n) is 4.52. The maximum atomic E-state index is 6.10. The lowest BCUT2D eigenvalue weighted by Gasteiger charge is -2.02. The molecule has 20 heavy (non-hydrogen) atoms. The molecule has 3 rings (SSSR count). The van der Waals surface area contributed by atoms with Crippen molar-refractivity contribution in [2.45, 2.75) is 17.8 Å². The Bertz CT molecular complexity index is 769. The van der Waals surface area contributed by atoms with Crippen molar-refractivity contribution in [2.75, 3.05) is 5.73 Å². The number of fused-ring (bicyclic) bond motifs is 1. The first-order valence-corrected chi connectivity index (χ1v) is 7.48. The minimum Gasteiger partial charge on any atom is -0.384 e. The van der Waals surface area contributed by atoms with Crippen LogP contribution in [0.25, 0.3) is 11.0 Å². The smallest absolute Gasteiger partial charge is 0.166 e. The van der Waals surface area contributed by atoms with Crippen LogP contribution >= 0.6 is 23.4 Å². The van der Waals surface area contributed by atoms with E-state index in [0.717, 1.165) is 21.9 Å². The van der Waals surface area contributed by atoms with Gasteiger partial charge in [-0.15, -0.1) is 0 Å². The zero-order valence-electron chi connectivity index (χ0n) is 10.9. The van der Waals surface area contributed by atoms with Crippen LogP contribution in [0, 0.1) is 6.92 Å². The van der Waals surface area contributed by atoms with Gasteiger partial charge >= 0.3 is 0 Å². The number of imidazole rings is 1. The molecule has 0 aliphatic carbocycles. The fourth-order valence-electron chi connectivity index (χ4n) is 1.91. The summed E-state index contributed by atoms with van der Waals surface area (Å²) in [6.07, 6.45) is 0. The van der Waals surface area contributed by atoms with E-state index in [9.17, 15) is 0 Å². The Hall–Kier alpha value is -1.72. The lowest BCUT2D eigenvalue weighted by molar-refractivity contribution is 1.07. The average molecular weight is 305 g/mol. The van der Waals surface area contributed by atoms with Gasteiger partial charge < -0.3 is 10.7 Å². The molecule has 3 N–H and O–H groups in total. The van der Waals surface area contributed by atoms with Crippen LogP contribution in [0.3, 0.4) is 0 Å². The van der Waals surface area contributed by atoms with Crippen molar-refractivity contribution in [1.29, 1.82) is 0 Å². The van der Waals surface area contributed by atoms with Gasteiger partial charge in [0.05, 0.1) is 21.7 Å². The molecule has 1 aromatic carbocycles. The summed E-state index contributed by atoms with van der Waals surface area (Å²) in [4.78, 5) is 12.1. The zero-order chi connectivity index (χ0) is 14.1. The van der Waals surface area contributed by atoms with E-state index in [1.807, 2.05) is 12.1 Å². The molecule has 0 saturated heterocycles. The summed E-state index contributed by atoms with van der Waals surface area (Å²) in [6, 6.07) is 9.60. The molecule has 102 valence electrons. The van der Waals surface area contributed by atoms with Gasteiger partial charge in [-0.25, -0.2) is 9.97 Å². The summed E-state index contributed by atoms with van der Waals surface area (Å²) in [5, 5.41) is 1.48. The SMILES string of the molecule is Cc1ccc2nc(SCc3nc(N)ccc3Cl)[nH]c2c1. The number of halogens is 1. The van der Waals surface area contributed by atoms with Crippen LogP contribution in [0.5, 0.6) is 0 Å². The molecule has 0 aliphatic heterocycles. The van der Waals surface area contributed by atoms with E-state index >= 15 is 0 Å². The predicted octanol–water partition coefficient (Wildman–Crippen LogP) is 3.79. The molecule has 0 amide bonds. The van der Waals surface area contributed by atoms with Crippen LogP contribution in [0.2, 0.25) is 5.02 Å². The van der Waals surface area contributed by atoms with Crippen molar-refractivity contribution in [2.24, 2.45) is 0 Å². The highest BCUT2D eigenvalue weighted by Crippen LogP contribution is 2.26. The maximum Gasteiger partial charge on any atom is 0.166 e. The normalized spacial score (nSPS) is 11.1. The molecule has 0 aliphatic rings. The molecule has 6 heteroatoms. The van der Waals surface area contributed by atoms with Gasteiger partial charge in [0, 0.05) is 5.75 Å². The van der Waals surface area contributed by atoms with E-state index in [4.69, 9.17) is 17.3 Å². The summed E-state index contributed by atoms with van der Waals surface area (Å²) in [6.45, 7) is 2.06. The number of thioether (sulfide) groups is 1. The second-order valence-corrected chi connectivity index (χ2v) is 5.89. The number of aryl methyl sites for hydroxylation is 1. The lowest BCUT2D eigenvalue weighted by atomic mass is 10.2. The predicted molar refractivity (Wildman–Crippen MR) is 84.1 cm³/mol. The van der Waals surface area contributed by atoms with E-state index in [1.54, 1.807) is 23.9 Å². The van der Waals surface area contributed by atoms with E-state index in [0.29, 0.717) is 16.6 Å². The third kappa shape index (κ3) is 2.73. The van der Waals surface area contributed by atoms with Gasteiger partial charge in [0.25, 0.3) is 0 Å². The van der Waals surface area contributed by atoms with Gasteiger partial charge in [0.15, 0.2) is 5.16 Å². The molecule has 0 fully saturated rings. The number of nitrogen functional groups attached to an aromatic ring is 1. The Morgan fingerprint density at radius 1 is 1.25 bits per heavy atom. The van der Waals surface area contributed by atoms with E-state index in [-0.39, 0.29) is 0 Å². The Morgan fingerprint density at radius 2 is 2.10 bits per heavy atom. The van der Waals surface area contributed by atoms with E-state index in [2.05, 4.69) is 27.9 Å². The minimum absolute atomic E-state index is 0.477. The Labute approximate surface area is 125 Å². The summed E-state index contributed by atoms with van der Waals surface area (Å²) in [7, 11) is 0. The van der Waals surface area contributed by atoms with Gasteiger partial charge in [0.1, 0.15) is 5.82 Å². The van der Waals surface area contributed by atoms with E-state index < -0.39 is 0 Å². The number of nitrogens with two attached hydrogens (primary N) is 1. The molecule has 0 bridgehead atoms. The van der Waals surface area contributed by atoms with Crippen LogP contribution in [0.15, 0.2) is 35.5 Å². The van der Waals surface area contributed by atoms with E-state index in [1.165, 1.54) is 5.56 Å². The van der Waals surface area contributed by atoms with Crippen molar-refractivity contribution >= 4 is 40.2 Å². The molecular formula is C14H13ClN4S. The Kier molecular flexibility index (Phi) is 3.54. The molecule has 0 saturated carbocycles. The van der Waals surface area contributed by atoms with Crippen LogP contribution in [-0.4, -0.2) is 15.0 Å². The number of nitrogens with zero attached hydrogens (tertiary/aromatic N) is 2. The first-order chi connectivity index (χ1) is 9.61. The van der Waals surface area contributed by atoms with Crippen LogP contribution < -0.4 is 5.73 Å². The Balaban J connectivity index is 1.81. The van der Waals surface area contributed by atoms with Gasteiger partial charge in [-0.2, -0.15) is 0 Å². The highest BCUT2D eigenvalue weighted by Gasteiger charge is 2.07. The lowest BCUT2D eigenvalue weighted by Crippen LogP contribution is -1.95. The number of hydrogen-bond donors (Lipinski definition) is 2. The quantitative estimate of drug-likeness (QED) is 0.722. The van der Waals surface area contributed by atoms with Crippen molar-refractivity contribution in [3.63, 3.8) is 0 Å². The van der Waals surface area contributed by atoms with Crippen LogP contribution in [-0.2, 0) is 5.75 Å². The summed E-state index contributed by atoms with van der Waals surface area (Å²) >= 11 is 7.66. The van der Waals surface area contributed by atoms with Crippen LogP contribution in [0.1, 0.15) is 11.3 Å². The first kappa shape index (κ1) is 13.3. The number of benzene rings is 1. The number of aromatic nitrogens is 3. The van der Waals surface area contributed by atoms with Crippen molar-refractivity contribution in [3.8, 4) is 0 Å². The maximum absolute atomic E-state index is 6.10. The van der Waals surface area contributed by atoms with Gasteiger partial charge in [-0.05, 0) is 36.8 Å². The third-order valence-corrected chi connectivity index (χ3v) is 4.13. The molecule has 3 aromatic rings. The average Bonchev–Trinajstić information content (AvgIpc) is 2.81. The van der Waals surface area contributed by atoms with Crippen molar-refractivity contribution in [1.82, 2.24) is 15.0 Å². The molecule has 0 radical (unpaired) electrons. The first-order valence-electron chi connectivity index (χ1n) is 6.12. The molecule has 0 atom stereocenters. The highest BCUT2D eigenvalue weighted by atomic mass is 35.5. The number of anilines is 1. The topological polar surface area (TPSA) is 67.6 Å². The molecule has 4 nitrogen and oxygen atoms in total. The zero-order valence-corrected chi connectivity index (χ0v) is 12.4. The van der Waals surface area contributed by atoms with Gasteiger partial charge in [-0.3, -0.25) is 0 Å². The summed E-state index contributed by atoms with van der Waals surface area (Å²) in [5.41, 5.74) is 9.65.